The van der Waals surface area contributed by atoms with Gasteiger partial charge in [0.25, 0.3) is 0 Å². The molecule has 1 fully saturated rings. The van der Waals surface area contributed by atoms with Gasteiger partial charge in [-0.2, -0.15) is 0 Å². The van der Waals surface area contributed by atoms with E-state index in [1.165, 1.54) is 0 Å². The Kier molecular flexibility index (Phi) is 5.88. The Bertz CT molecular complexity index is 313. The molecule has 0 N–H and O–H groups in total. The van der Waals surface area contributed by atoms with Crippen LogP contribution in [0.2, 0.25) is 0 Å². The molecule has 0 spiro atoms. The zero-order valence-electron chi connectivity index (χ0n) is 14.3. The van der Waals surface area contributed by atoms with Crippen molar-refractivity contribution in [2.24, 2.45) is 0 Å². The predicted octanol–water partition coefficient (Wildman–Crippen LogP) is 4.16. The molecule has 0 atom stereocenters. The van der Waals surface area contributed by atoms with E-state index in [0.717, 1.165) is 25.9 Å². The van der Waals surface area contributed by atoms with Gasteiger partial charge in [-0.15, -0.1) is 0 Å². The van der Waals surface area contributed by atoms with Gasteiger partial charge in [0.2, 0.25) is 0 Å². The van der Waals surface area contributed by atoms with Gasteiger partial charge in [-0.1, -0.05) is 12.1 Å². The fourth-order valence-electron chi connectivity index (χ4n) is 1.92. The van der Waals surface area contributed by atoms with Crippen molar-refractivity contribution in [1.82, 2.24) is 0 Å². The number of hydrogen-bond donors (Lipinski definition) is 0. The molecule has 1 rings (SSSR count). The highest BCUT2D eigenvalue weighted by atomic mass is 16.7. The summed E-state index contributed by atoms with van der Waals surface area (Å²) in [5.74, 6) is 2.03. The second kappa shape index (κ2) is 6.63. The number of ether oxygens (including phenoxy) is 1. The van der Waals surface area contributed by atoms with Crippen molar-refractivity contribution in [3.8, 4) is 0 Å². The van der Waals surface area contributed by atoms with Crippen molar-refractivity contribution in [2.45, 2.75) is 84.5 Å². The molecule has 0 radical (unpaired) electrons. The quantitative estimate of drug-likeness (QED) is 0.541. The Morgan fingerprint density at radius 1 is 1.00 bits per heavy atom. The van der Waals surface area contributed by atoms with E-state index in [-0.39, 0.29) is 23.9 Å². The number of hydrogen-bond acceptors (Lipinski definition) is 3. The van der Waals surface area contributed by atoms with Crippen LogP contribution in [-0.2, 0) is 14.0 Å². The molecule has 0 aromatic carbocycles. The average molecular weight is 282 g/mol. The van der Waals surface area contributed by atoms with Gasteiger partial charge in [0.15, 0.2) is 0 Å². The van der Waals surface area contributed by atoms with Crippen molar-refractivity contribution in [1.29, 1.82) is 0 Å². The van der Waals surface area contributed by atoms with Crippen LogP contribution >= 0.6 is 0 Å². The van der Waals surface area contributed by atoms with Crippen LogP contribution in [0.15, 0.2) is 12.1 Å². The third-order valence-electron chi connectivity index (χ3n) is 3.86. The Morgan fingerprint density at radius 3 is 2.05 bits per heavy atom. The van der Waals surface area contributed by atoms with Gasteiger partial charge in [0.05, 0.1) is 16.8 Å². The summed E-state index contributed by atoms with van der Waals surface area (Å²) < 4.78 is 17.5. The molecule has 1 aliphatic rings. The van der Waals surface area contributed by atoms with E-state index >= 15 is 0 Å². The minimum atomic E-state index is -0.247. The summed E-state index contributed by atoms with van der Waals surface area (Å²) in [5, 5.41) is 0. The van der Waals surface area contributed by atoms with Crippen LogP contribution in [0.4, 0.5) is 0 Å². The topological polar surface area (TPSA) is 27.7 Å². The van der Waals surface area contributed by atoms with Gasteiger partial charge in [-0.25, -0.2) is 0 Å². The second-order valence-electron chi connectivity index (χ2n) is 7.51. The van der Waals surface area contributed by atoms with E-state index in [0.29, 0.717) is 0 Å². The van der Waals surface area contributed by atoms with Crippen LogP contribution in [-0.4, -0.2) is 30.5 Å². The lowest BCUT2D eigenvalue weighted by Gasteiger charge is -2.32. The third kappa shape index (κ3) is 5.59. The molecule has 4 heteroatoms. The fourth-order valence-corrected chi connectivity index (χ4v) is 1.92. The smallest absolute Gasteiger partial charge is 0.400 e. The van der Waals surface area contributed by atoms with E-state index in [2.05, 4.69) is 54.5 Å². The molecule has 0 amide bonds. The molecule has 1 aliphatic heterocycles. The van der Waals surface area contributed by atoms with Crippen molar-refractivity contribution in [3.05, 3.63) is 12.1 Å². The summed E-state index contributed by atoms with van der Waals surface area (Å²) in [6.45, 7) is 15.4. The second-order valence-corrected chi connectivity index (χ2v) is 7.51. The van der Waals surface area contributed by atoms with E-state index in [1.54, 1.807) is 0 Å². The van der Waals surface area contributed by atoms with Gasteiger partial charge in [-0.3, -0.25) is 0 Å². The van der Waals surface area contributed by atoms with Crippen molar-refractivity contribution in [2.75, 3.05) is 6.61 Å². The first kappa shape index (κ1) is 17.7. The molecular weight excluding hydrogens is 251 g/mol. The monoisotopic (exact) mass is 282 g/mol. The van der Waals surface area contributed by atoms with Crippen molar-refractivity contribution in [3.63, 3.8) is 0 Å². The van der Waals surface area contributed by atoms with E-state index in [4.69, 9.17) is 14.0 Å². The lowest BCUT2D eigenvalue weighted by Crippen LogP contribution is -2.41. The summed E-state index contributed by atoms with van der Waals surface area (Å²) in [5.41, 5.74) is -0.524. The third-order valence-corrected chi connectivity index (χ3v) is 3.86. The Hall–Kier alpha value is -0.315. The molecule has 0 bridgehead atoms. The highest BCUT2D eigenvalue weighted by Crippen LogP contribution is 2.36. The van der Waals surface area contributed by atoms with Crippen LogP contribution in [0.5, 0.6) is 0 Å². The molecule has 0 aromatic heterocycles. The van der Waals surface area contributed by atoms with Crippen LogP contribution in [0.25, 0.3) is 0 Å². The number of rotatable bonds is 6. The summed E-state index contributed by atoms with van der Waals surface area (Å²) in [6, 6.07) is 0. The molecule has 3 nitrogen and oxygen atoms in total. The molecule has 0 aromatic rings. The van der Waals surface area contributed by atoms with Crippen LogP contribution in [0.1, 0.15) is 67.7 Å². The first-order chi connectivity index (χ1) is 9.04. The van der Waals surface area contributed by atoms with Gasteiger partial charge < -0.3 is 14.0 Å². The fraction of sp³-hybridized carbons (Fsp3) is 0.875. The van der Waals surface area contributed by atoms with E-state index < -0.39 is 0 Å². The molecule has 1 heterocycles. The maximum Gasteiger partial charge on any atom is 0.486 e. The lowest BCUT2D eigenvalue weighted by atomic mass is 9.89. The average Bonchev–Trinajstić information content (AvgIpc) is 2.44. The Balaban J connectivity index is 2.18. The van der Waals surface area contributed by atoms with Crippen LogP contribution < -0.4 is 0 Å². The summed E-state index contributed by atoms with van der Waals surface area (Å²) in [6.07, 6.45) is 5.41. The maximum absolute atomic E-state index is 5.90. The molecule has 20 heavy (non-hydrogen) atoms. The molecular formula is C16H31BO3. The molecule has 1 saturated heterocycles. The highest BCUT2D eigenvalue weighted by molar-refractivity contribution is 6.51. The largest absolute Gasteiger partial charge is 0.486 e. The Morgan fingerprint density at radius 2 is 1.55 bits per heavy atom. The molecule has 0 unspecified atom stereocenters. The summed E-state index contributed by atoms with van der Waals surface area (Å²) in [4.78, 5) is 0. The van der Waals surface area contributed by atoms with Crippen molar-refractivity contribution < 1.29 is 14.0 Å². The van der Waals surface area contributed by atoms with E-state index in [9.17, 15) is 0 Å². The predicted molar refractivity (Wildman–Crippen MR) is 84.8 cm³/mol. The van der Waals surface area contributed by atoms with Gasteiger partial charge in [0.1, 0.15) is 0 Å². The highest BCUT2D eigenvalue weighted by Gasteiger charge is 2.49. The minimum Gasteiger partial charge on any atom is -0.400 e. The van der Waals surface area contributed by atoms with Crippen LogP contribution in [0.3, 0.4) is 0 Å². The van der Waals surface area contributed by atoms with Crippen LogP contribution in [0, 0.1) is 0 Å². The summed E-state index contributed by atoms with van der Waals surface area (Å²) >= 11 is 0. The van der Waals surface area contributed by atoms with Gasteiger partial charge in [-0.05, 0) is 67.7 Å². The van der Waals surface area contributed by atoms with E-state index in [1.807, 2.05) is 5.98 Å². The first-order valence-electron chi connectivity index (χ1n) is 7.70. The molecule has 116 valence electrons. The molecule has 0 saturated carbocycles. The Labute approximate surface area is 125 Å². The molecule has 0 aliphatic carbocycles. The minimum absolute atomic E-state index is 0.0292. The summed E-state index contributed by atoms with van der Waals surface area (Å²) in [7, 11) is -0.217. The standard InChI is InChI=1S/C16H31BO3/c1-14(2,3)18-13-11-9-8-10-12-17-19-15(4,5)16(6,7)20-17/h10,12H,8-9,11,13H2,1-7H3. The SMILES string of the molecule is CC(C)(C)OCCCCC=CB1OC(C)(C)C(C)(C)O1. The number of unbranched alkanes of at least 4 members (excludes halogenated alkanes) is 2. The maximum atomic E-state index is 5.90. The zero-order chi connectivity index (χ0) is 15.4. The van der Waals surface area contributed by atoms with Crippen molar-refractivity contribution >= 4 is 7.12 Å². The lowest BCUT2D eigenvalue weighted by molar-refractivity contribution is -0.00447. The normalized spacial score (nSPS) is 21.9. The first-order valence-corrected chi connectivity index (χ1v) is 7.70. The zero-order valence-corrected chi connectivity index (χ0v) is 14.3. The number of allylic oxidation sites excluding steroid dienone is 1. The van der Waals surface area contributed by atoms with Gasteiger partial charge >= 0.3 is 7.12 Å². The van der Waals surface area contributed by atoms with Gasteiger partial charge in [0, 0.05) is 6.61 Å².